The van der Waals surface area contributed by atoms with Crippen molar-refractivity contribution in [2.75, 3.05) is 6.61 Å². The van der Waals surface area contributed by atoms with Gasteiger partial charge in [-0.3, -0.25) is 4.79 Å². The Bertz CT molecular complexity index is 816. The highest BCUT2D eigenvalue weighted by Crippen LogP contribution is 2.25. The van der Waals surface area contributed by atoms with Crippen LogP contribution in [0, 0.1) is 22.7 Å². The largest absolute Gasteiger partial charge is 0.466 e. The van der Waals surface area contributed by atoms with E-state index >= 15 is 0 Å². The molecule has 5 nitrogen and oxygen atoms in total. The van der Waals surface area contributed by atoms with E-state index < -0.39 is 0 Å². The van der Waals surface area contributed by atoms with Gasteiger partial charge in [-0.05, 0) is 48.7 Å². The van der Waals surface area contributed by atoms with Gasteiger partial charge in [-0.15, -0.1) is 0 Å². The van der Waals surface area contributed by atoms with Crippen molar-refractivity contribution in [3.63, 3.8) is 0 Å². The number of nitriles is 2. The van der Waals surface area contributed by atoms with Crippen LogP contribution in [-0.2, 0) is 20.9 Å². The molecule has 26 heavy (non-hydrogen) atoms. The van der Waals surface area contributed by atoms with E-state index in [1.54, 1.807) is 37.3 Å². The second-order valence-corrected chi connectivity index (χ2v) is 5.69. The van der Waals surface area contributed by atoms with Gasteiger partial charge in [-0.2, -0.15) is 10.5 Å². The second kappa shape index (κ2) is 9.98. The molecule has 1 unspecified atom stereocenters. The maximum Gasteiger partial charge on any atom is 0.305 e. The highest BCUT2D eigenvalue weighted by molar-refractivity contribution is 5.69. The Morgan fingerprint density at radius 3 is 2.46 bits per heavy atom. The molecule has 2 rings (SSSR count). The fourth-order valence-corrected chi connectivity index (χ4v) is 2.51. The molecule has 0 amide bonds. The van der Waals surface area contributed by atoms with Crippen LogP contribution in [0.4, 0.5) is 0 Å². The fraction of sp³-hybridized carbons (Fsp3) is 0.286. The van der Waals surface area contributed by atoms with Crippen molar-refractivity contribution in [2.24, 2.45) is 0 Å². The number of hydrogen-bond donors (Lipinski definition) is 0. The number of benzene rings is 2. The lowest BCUT2D eigenvalue weighted by molar-refractivity contribution is -0.144. The molecule has 0 spiro atoms. The van der Waals surface area contributed by atoms with E-state index in [0.29, 0.717) is 30.8 Å². The summed E-state index contributed by atoms with van der Waals surface area (Å²) in [5.41, 5.74) is 2.92. The van der Waals surface area contributed by atoms with Crippen LogP contribution in [0.5, 0.6) is 0 Å². The van der Waals surface area contributed by atoms with Gasteiger partial charge in [0.1, 0.15) is 0 Å². The lowest BCUT2D eigenvalue weighted by Crippen LogP contribution is -2.10. The minimum absolute atomic E-state index is 0.239. The average molecular weight is 348 g/mol. The molecule has 0 radical (unpaired) electrons. The molecule has 2 aromatic rings. The third-order valence-electron chi connectivity index (χ3n) is 3.84. The van der Waals surface area contributed by atoms with Crippen molar-refractivity contribution in [1.82, 2.24) is 0 Å². The van der Waals surface area contributed by atoms with E-state index in [-0.39, 0.29) is 18.5 Å². The van der Waals surface area contributed by atoms with Crippen LogP contribution in [0.15, 0.2) is 48.5 Å². The van der Waals surface area contributed by atoms with Gasteiger partial charge < -0.3 is 9.47 Å². The zero-order valence-electron chi connectivity index (χ0n) is 14.6. The highest BCUT2D eigenvalue weighted by Gasteiger charge is 2.16. The molecule has 0 aliphatic carbocycles. The summed E-state index contributed by atoms with van der Waals surface area (Å²) in [5.74, 6) is -0.268. The van der Waals surface area contributed by atoms with Crippen molar-refractivity contribution < 1.29 is 14.3 Å². The average Bonchev–Trinajstić information content (AvgIpc) is 2.68. The van der Waals surface area contributed by atoms with Crippen LogP contribution in [-0.4, -0.2) is 12.6 Å². The Morgan fingerprint density at radius 1 is 1.08 bits per heavy atom. The van der Waals surface area contributed by atoms with Crippen LogP contribution in [0.2, 0.25) is 0 Å². The van der Waals surface area contributed by atoms with E-state index in [1.165, 1.54) is 0 Å². The fourth-order valence-electron chi connectivity index (χ4n) is 2.51. The Hall–Kier alpha value is -3.15. The standard InChI is InChI=1S/C21H20N2O3/c1-2-25-21(24)11-10-20(19-5-3-4-18(12-19)14-23)26-15-17-8-6-16(13-22)7-9-17/h3-9,12,20H,2,10-11,15H2,1H3. The van der Waals surface area contributed by atoms with E-state index in [2.05, 4.69) is 12.1 Å². The third-order valence-corrected chi connectivity index (χ3v) is 3.84. The maximum atomic E-state index is 11.7. The summed E-state index contributed by atoms with van der Waals surface area (Å²) in [6.07, 6.45) is 0.371. The number of ether oxygens (including phenoxy) is 2. The summed E-state index contributed by atoms with van der Waals surface area (Å²) in [4.78, 5) is 11.7. The SMILES string of the molecule is CCOC(=O)CCC(OCc1ccc(C#N)cc1)c1cccc(C#N)c1. The number of rotatable bonds is 8. The van der Waals surface area contributed by atoms with Crippen LogP contribution in [0.1, 0.15) is 48.1 Å². The van der Waals surface area contributed by atoms with E-state index in [4.69, 9.17) is 20.0 Å². The van der Waals surface area contributed by atoms with Crippen LogP contribution >= 0.6 is 0 Å². The molecular formula is C21H20N2O3. The molecule has 132 valence electrons. The molecule has 0 aromatic heterocycles. The van der Waals surface area contributed by atoms with E-state index in [9.17, 15) is 4.79 Å². The molecule has 0 saturated carbocycles. The van der Waals surface area contributed by atoms with Gasteiger partial charge in [0.25, 0.3) is 0 Å². The van der Waals surface area contributed by atoms with Gasteiger partial charge in [0.05, 0.1) is 42.6 Å². The Morgan fingerprint density at radius 2 is 1.81 bits per heavy atom. The third kappa shape index (κ3) is 5.73. The van der Waals surface area contributed by atoms with Gasteiger partial charge in [-0.1, -0.05) is 24.3 Å². The van der Waals surface area contributed by atoms with Crippen molar-refractivity contribution in [1.29, 1.82) is 10.5 Å². The van der Waals surface area contributed by atoms with Crippen molar-refractivity contribution in [3.8, 4) is 12.1 Å². The number of nitrogens with zero attached hydrogens (tertiary/aromatic N) is 2. The molecule has 0 aliphatic heterocycles. The Labute approximate surface area is 153 Å². The Balaban J connectivity index is 2.09. The van der Waals surface area contributed by atoms with Crippen molar-refractivity contribution in [2.45, 2.75) is 32.5 Å². The minimum Gasteiger partial charge on any atom is -0.466 e. The minimum atomic E-state index is -0.330. The molecule has 2 aromatic carbocycles. The molecule has 0 bridgehead atoms. The van der Waals surface area contributed by atoms with Gasteiger partial charge in [0.2, 0.25) is 0 Å². The summed E-state index contributed by atoms with van der Waals surface area (Å²) in [5, 5.41) is 18.0. The first kappa shape index (κ1) is 19.2. The molecule has 1 atom stereocenters. The summed E-state index contributed by atoms with van der Waals surface area (Å²) in [7, 11) is 0. The zero-order valence-corrected chi connectivity index (χ0v) is 14.6. The quantitative estimate of drug-likeness (QED) is 0.673. The predicted molar refractivity (Wildman–Crippen MR) is 95.7 cm³/mol. The summed E-state index contributed by atoms with van der Waals surface area (Å²) >= 11 is 0. The van der Waals surface area contributed by atoms with Crippen LogP contribution < -0.4 is 0 Å². The summed E-state index contributed by atoms with van der Waals surface area (Å²) in [6.45, 7) is 2.46. The Kier molecular flexibility index (Phi) is 7.36. The van der Waals surface area contributed by atoms with Gasteiger partial charge in [-0.25, -0.2) is 0 Å². The lowest BCUT2D eigenvalue weighted by Gasteiger charge is -2.18. The summed E-state index contributed by atoms with van der Waals surface area (Å²) in [6, 6.07) is 18.5. The zero-order chi connectivity index (χ0) is 18.8. The molecule has 0 fully saturated rings. The maximum absolute atomic E-state index is 11.7. The topological polar surface area (TPSA) is 83.1 Å². The number of carbonyl (C=O) groups excluding carboxylic acids is 1. The molecule has 5 heteroatoms. The van der Waals surface area contributed by atoms with E-state index in [0.717, 1.165) is 11.1 Å². The monoisotopic (exact) mass is 348 g/mol. The lowest BCUT2D eigenvalue weighted by atomic mass is 10.0. The molecule has 0 saturated heterocycles. The van der Waals surface area contributed by atoms with Crippen LogP contribution in [0.3, 0.4) is 0 Å². The van der Waals surface area contributed by atoms with Gasteiger partial charge in [0.15, 0.2) is 0 Å². The second-order valence-electron chi connectivity index (χ2n) is 5.69. The van der Waals surface area contributed by atoms with Gasteiger partial charge in [0, 0.05) is 6.42 Å². The normalized spacial score (nSPS) is 11.2. The molecule has 0 aliphatic rings. The van der Waals surface area contributed by atoms with Crippen LogP contribution in [0.25, 0.3) is 0 Å². The molecule has 0 N–H and O–H groups in total. The first-order chi connectivity index (χ1) is 12.7. The van der Waals surface area contributed by atoms with E-state index in [1.807, 2.05) is 18.2 Å². The highest BCUT2D eigenvalue weighted by atomic mass is 16.5. The summed E-state index contributed by atoms with van der Waals surface area (Å²) < 4.78 is 11.0. The molecule has 0 heterocycles. The number of esters is 1. The van der Waals surface area contributed by atoms with Crippen molar-refractivity contribution >= 4 is 5.97 Å². The first-order valence-corrected chi connectivity index (χ1v) is 8.42. The number of carbonyl (C=O) groups is 1. The van der Waals surface area contributed by atoms with Gasteiger partial charge >= 0.3 is 5.97 Å². The smallest absolute Gasteiger partial charge is 0.305 e. The first-order valence-electron chi connectivity index (χ1n) is 8.42. The number of hydrogen-bond acceptors (Lipinski definition) is 5. The van der Waals surface area contributed by atoms with Crippen molar-refractivity contribution in [3.05, 3.63) is 70.8 Å². The molecular weight excluding hydrogens is 328 g/mol. The predicted octanol–water partition coefficient (Wildman–Crippen LogP) is 4.03.